The maximum Gasteiger partial charge on any atom is 0.0541 e. The highest BCUT2D eigenvalue weighted by molar-refractivity contribution is 9.11. The third kappa shape index (κ3) is 3.64. The number of hydrogen-bond acceptors (Lipinski definition) is 2. The fraction of sp³-hybridized carbons (Fsp3) is 0.222. The van der Waals surface area contributed by atoms with E-state index in [1.54, 1.807) is 6.20 Å². The number of halogens is 1. The first-order chi connectivity index (χ1) is 5.79. The van der Waals surface area contributed by atoms with E-state index >= 15 is 0 Å². The summed E-state index contributed by atoms with van der Waals surface area (Å²) in [6.07, 6.45) is 1.79. The molecule has 0 saturated heterocycles. The van der Waals surface area contributed by atoms with Crippen LogP contribution in [0.25, 0.3) is 0 Å². The second-order valence-corrected chi connectivity index (χ2v) is 3.56. The molecule has 1 aromatic rings. The van der Waals surface area contributed by atoms with E-state index < -0.39 is 0 Å². The van der Waals surface area contributed by atoms with Gasteiger partial charge < -0.3 is 5.32 Å². The molecule has 0 bridgehead atoms. The van der Waals surface area contributed by atoms with Crippen molar-refractivity contribution in [1.29, 1.82) is 0 Å². The lowest BCUT2D eigenvalue weighted by Gasteiger charge is -2.01. The minimum atomic E-state index is 0.774. The van der Waals surface area contributed by atoms with Gasteiger partial charge in [-0.2, -0.15) is 0 Å². The molecule has 0 radical (unpaired) electrons. The Labute approximate surface area is 80.8 Å². The van der Waals surface area contributed by atoms with Crippen LogP contribution in [0.5, 0.6) is 0 Å². The zero-order valence-electron chi connectivity index (χ0n) is 6.76. The lowest BCUT2D eigenvalue weighted by Crippen LogP contribution is -2.15. The third-order valence-corrected chi connectivity index (χ3v) is 1.63. The molecule has 0 fully saturated rings. The Morgan fingerprint density at radius 1 is 1.58 bits per heavy atom. The van der Waals surface area contributed by atoms with Gasteiger partial charge in [0, 0.05) is 23.8 Å². The van der Waals surface area contributed by atoms with Crippen molar-refractivity contribution in [2.24, 2.45) is 0 Å². The van der Waals surface area contributed by atoms with Crippen LogP contribution in [0.4, 0.5) is 0 Å². The lowest BCUT2D eigenvalue weighted by molar-refractivity contribution is 0.738. The zero-order chi connectivity index (χ0) is 8.81. The molecule has 0 amide bonds. The first-order valence-corrected chi connectivity index (χ1v) is 4.52. The van der Waals surface area contributed by atoms with Crippen LogP contribution < -0.4 is 5.32 Å². The fourth-order valence-corrected chi connectivity index (χ4v) is 1.03. The summed E-state index contributed by atoms with van der Waals surface area (Å²) < 4.78 is 0.957. The molecule has 12 heavy (non-hydrogen) atoms. The van der Waals surface area contributed by atoms with Crippen LogP contribution in [0.1, 0.15) is 5.69 Å². The quantitative estimate of drug-likeness (QED) is 0.851. The van der Waals surface area contributed by atoms with Gasteiger partial charge in [0.05, 0.1) is 5.69 Å². The molecule has 2 nitrogen and oxygen atoms in total. The van der Waals surface area contributed by atoms with Gasteiger partial charge in [0.2, 0.25) is 0 Å². The van der Waals surface area contributed by atoms with Crippen LogP contribution in [0.3, 0.4) is 0 Å². The topological polar surface area (TPSA) is 24.9 Å². The second kappa shape index (κ2) is 5.06. The first kappa shape index (κ1) is 9.42. The van der Waals surface area contributed by atoms with Gasteiger partial charge >= 0.3 is 0 Å². The van der Waals surface area contributed by atoms with Crippen molar-refractivity contribution in [3.63, 3.8) is 0 Å². The minimum Gasteiger partial charge on any atom is -0.307 e. The average molecular weight is 227 g/mol. The van der Waals surface area contributed by atoms with E-state index in [1.807, 2.05) is 18.2 Å². The largest absolute Gasteiger partial charge is 0.307 e. The van der Waals surface area contributed by atoms with E-state index in [0.29, 0.717) is 0 Å². The summed E-state index contributed by atoms with van der Waals surface area (Å²) >= 11 is 3.27. The zero-order valence-corrected chi connectivity index (χ0v) is 8.34. The van der Waals surface area contributed by atoms with E-state index in [0.717, 1.165) is 23.3 Å². The normalized spacial score (nSPS) is 9.75. The predicted molar refractivity (Wildman–Crippen MR) is 54.0 cm³/mol. The van der Waals surface area contributed by atoms with Crippen LogP contribution in [0.2, 0.25) is 0 Å². The van der Waals surface area contributed by atoms with E-state index in [9.17, 15) is 0 Å². The van der Waals surface area contributed by atoms with Gasteiger partial charge in [-0.25, -0.2) is 0 Å². The van der Waals surface area contributed by atoms with Crippen LogP contribution in [-0.2, 0) is 6.54 Å². The summed E-state index contributed by atoms with van der Waals surface area (Å²) in [7, 11) is 0. The number of rotatable bonds is 4. The van der Waals surface area contributed by atoms with Crippen molar-refractivity contribution in [1.82, 2.24) is 10.3 Å². The van der Waals surface area contributed by atoms with Crippen molar-refractivity contribution >= 4 is 15.9 Å². The van der Waals surface area contributed by atoms with Gasteiger partial charge in [-0.05, 0) is 12.1 Å². The molecule has 0 aliphatic rings. The monoisotopic (exact) mass is 226 g/mol. The van der Waals surface area contributed by atoms with Crippen LogP contribution in [0, 0.1) is 0 Å². The van der Waals surface area contributed by atoms with E-state index in [2.05, 4.69) is 32.8 Å². The Morgan fingerprint density at radius 2 is 2.42 bits per heavy atom. The van der Waals surface area contributed by atoms with E-state index in [4.69, 9.17) is 0 Å². The summed E-state index contributed by atoms with van der Waals surface area (Å²) in [5.41, 5.74) is 1.05. The number of aromatic nitrogens is 1. The molecule has 0 aromatic carbocycles. The molecule has 0 saturated carbocycles. The summed E-state index contributed by atoms with van der Waals surface area (Å²) in [6, 6.07) is 5.88. The Morgan fingerprint density at radius 3 is 3.00 bits per heavy atom. The van der Waals surface area contributed by atoms with Gasteiger partial charge in [0.1, 0.15) is 0 Å². The van der Waals surface area contributed by atoms with Gasteiger partial charge in [-0.1, -0.05) is 28.6 Å². The molecule has 64 valence electrons. The average Bonchev–Trinajstić information content (AvgIpc) is 2.05. The highest BCUT2D eigenvalue weighted by Crippen LogP contribution is 1.98. The van der Waals surface area contributed by atoms with E-state index in [-0.39, 0.29) is 0 Å². The molecule has 0 aliphatic carbocycles. The number of nitrogens with one attached hydrogen (secondary N) is 1. The SMILES string of the molecule is C=C(Br)CNCc1ccccn1. The van der Waals surface area contributed by atoms with E-state index in [1.165, 1.54) is 0 Å². The van der Waals surface area contributed by atoms with Gasteiger partial charge in [0.15, 0.2) is 0 Å². The predicted octanol–water partition coefficient (Wildman–Crippen LogP) is 2.08. The molecule has 1 N–H and O–H groups in total. The highest BCUT2D eigenvalue weighted by atomic mass is 79.9. The summed E-state index contributed by atoms with van der Waals surface area (Å²) in [5, 5.41) is 3.19. The van der Waals surface area contributed by atoms with Crippen molar-refractivity contribution in [3.8, 4) is 0 Å². The maximum atomic E-state index is 4.17. The summed E-state index contributed by atoms with van der Waals surface area (Å²) in [5.74, 6) is 0. The Hall–Kier alpha value is -0.670. The molecule has 0 spiro atoms. The van der Waals surface area contributed by atoms with Crippen LogP contribution >= 0.6 is 15.9 Å². The molecule has 0 atom stereocenters. The molecule has 0 unspecified atom stereocenters. The van der Waals surface area contributed by atoms with Crippen LogP contribution in [0.15, 0.2) is 35.5 Å². The number of pyridine rings is 1. The van der Waals surface area contributed by atoms with Gasteiger partial charge in [0.25, 0.3) is 0 Å². The van der Waals surface area contributed by atoms with Gasteiger partial charge in [-0.3, -0.25) is 4.98 Å². The molecule has 3 heteroatoms. The number of nitrogens with zero attached hydrogens (tertiary/aromatic N) is 1. The minimum absolute atomic E-state index is 0.774. The Kier molecular flexibility index (Phi) is 3.97. The maximum absolute atomic E-state index is 4.17. The summed E-state index contributed by atoms with van der Waals surface area (Å²) in [6.45, 7) is 5.28. The molecular weight excluding hydrogens is 216 g/mol. The van der Waals surface area contributed by atoms with Crippen molar-refractivity contribution in [2.75, 3.05) is 6.54 Å². The Bertz CT molecular complexity index is 246. The molecule has 1 rings (SSSR count). The molecular formula is C9H11BrN2. The third-order valence-electron chi connectivity index (χ3n) is 1.35. The van der Waals surface area contributed by atoms with Crippen molar-refractivity contribution in [3.05, 3.63) is 41.2 Å². The van der Waals surface area contributed by atoms with Crippen molar-refractivity contribution in [2.45, 2.75) is 6.54 Å². The highest BCUT2D eigenvalue weighted by Gasteiger charge is 1.91. The lowest BCUT2D eigenvalue weighted by atomic mass is 10.3. The first-order valence-electron chi connectivity index (χ1n) is 3.73. The number of hydrogen-bond donors (Lipinski definition) is 1. The van der Waals surface area contributed by atoms with Gasteiger partial charge in [-0.15, -0.1) is 0 Å². The summed E-state index contributed by atoms with van der Waals surface area (Å²) in [4.78, 5) is 4.17. The molecule has 1 heterocycles. The second-order valence-electron chi connectivity index (χ2n) is 2.44. The van der Waals surface area contributed by atoms with Crippen LogP contribution in [-0.4, -0.2) is 11.5 Å². The fourth-order valence-electron chi connectivity index (χ4n) is 0.829. The molecule has 0 aliphatic heterocycles. The van der Waals surface area contributed by atoms with Crippen molar-refractivity contribution < 1.29 is 0 Å². The molecule has 1 aromatic heterocycles. The Balaban J connectivity index is 2.29. The standard InChI is InChI=1S/C9H11BrN2/c1-8(10)6-11-7-9-4-2-3-5-12-9/h2-5,11H,1,6-7H2. The smallest absolute Gasteiger partial charge is 0.0541 e.